The van der Waals surface area contributed by atoms with E-state index in [2.05, 4.69) is 15.6 Å². The molecule has 3 rings (SSSR count). The highest BCUT2D eigenvalue weighted by Crippen LogP contribution is 2.28. The Morgan fingerprint density at radius 2 is 1.75 bits per heavy atom. The normalized spacial score (nSPS) is 10.2. The average molecular weight is 372 g/mol. The summed E-state index contributed by atoms with van der Waals surface area (Å²) in [5.41, 5.74) is 3.00. The van der Waals surface area contributed by atoms with E-state index < -0.39 is 0 Å². The highest BCUT2D eigenvalue weighted by Gasteiger charge is 2.09. The summed E-state index contributed by atoms with van der Waals surface area (Å²) >= 11 is 0. The molecule has 140 valence electrons. The number of para-hydroxylation sites is 2. The van der Waals surface area contributed by atoms with Crippen LogP contribution in [0.15, 0.2) is 66.9 Å². The number of nitriles is 1. The third-order valence-corrected chi connectivity index (χ3v) is 3.80. The number of hydrogen-bond acceptors (Lipinski definition) is 5. The molecule has 0 aliphatic rings. The van der Waals surface area contributed by atoms with Gasteiger partial charge in [-0.2, -0.15) is 5.26 Å². The molecule has 2 aromatic carbocycles. The van der Waals surface area contributed by atoms with Crippen molar-refractivity contribution in [2.75, 3.05) is 10.6 Å². The lowest BCUT2D eigenvalue weighted by molar-refractivity contribution is 0.102. The summed E-state index contributed by atoms with van der Waals surface area (Å²) in [6.45, 7) is 3.94. The number of aromatic nitrogens is 1. The Balaban J connectivity index is 1.68. The first-order valence-corrected chi connectivity index (χ1v) is 8.85. The number of benzene rings is 2. The number of anilines is 3. The quantitative estimate of drug-likeness (QED) is 0.653. The van der Waals surface area contributed by atoms with Gasteiger partial charge in [0.15, 0.2) is 0 Å². The maximum atomic E-state index is 12.3. The van der Waals surface area contributed by atoms with Gasteiger partial charge in [-0.15, -0.1) is 0 Å². The van der Waals surface area contributed by atoms with Crippen LogP contribution in [0.2, 0.25) is 0 Å². The Kier molecular flexibility index (Phi) is 5.87. The molecule has 1 amide bonds. The number of nitrogens with one attached hydrogen (secondary N) is 2. The zero-order valence-electron chi connectivity index (χ0n) is 15.6. The van der Waals surface area contributed by atoms with Crippen LogP contribution in [0.4, 0.5) is 17.1 Å². The van der Waals surface area contributed by atoms with E-state index >= 15 is 0 Å². The largest absolute Gasteiger partial charge is 0.489 e. The minimum Gasteiger partial charge on any atom is -0.489 e. The lowest BCUT2D eigenvalue weighted by Gasteiger charge is -2.15. The van der Waals surface area contributed by atoms with E-state index in [0.717, 1.165) is 17.1 Å². The van der Waals surface area contributed by atoms with Crippen molar-refractivity contribution in [2.45, 2.75) is 20.0 Å². The van der Waals surface area contributed by atoms with Crippen LogP contribution in [0.25, 0.3) is 0 Å². The molecule has 0 saturated carbocycles. The molecule has 1 aromatic heterocycles. The summed E-state index contributed by atoms with van der Waals surface area (Å²) in [4.78, 5) is 16.6. The van der Waals surface area contributed by atoms with Gasteiger partial charge < -0.3 is 15.4 Å². The number of hydrogen-bond donors (Lipinski definition) is 2. The van der Waals surface area contributed by atoms with Crippen molar-refractivity contribution in [1.82, 2.24) is 4.98 Å². The van der Waals surface area contributed by atoms with E-state index in [9.17, 15) is 4.79 Å². The first kappa shape index (κ1) is 18.9. The van der Waals surface area contributed by atoms with Crippen molar-refractivity contribution in [3.05, 3.63) is 78.1 Å². The summed E-state index contributed by atoms with van der Waals surface area (Å²) in [5, 5.41) is 14.8. The van der Waals surface area contributed by atoms with Crippen molar-refractivity contribution in [3.63, 3.8) is 0 Å². The molecule has 0 fully saturated rings. The second-order valence-corrected chi connectivity index (χ2v) is 6.36. The van der Waals surface area contributed by atoms with Crippen molar-refractivity contribution < 1.29 is 9.53 Å². The number of ether oxygens (including phenoxy) is 1. The summed E-state index contributed by atoms with van der Waals surface area (Å²) in [5.74, 6) is 0.430. The van der Waals surface area contributed by atoms with Crippen molar-refractivity contribution in [2.24, 2.45) is 0 Å². The first-order valence-electron chi connectivity index (χ1n) is 8.85. The van der Waals surface area contributed by atoms with Gasteiger partial charge in [-0.05, 0) is 62.4 Å². The van der Waals surface area contributed by atoms with Crippen molar-refractivity contribution >= 4 is 23.0 Å². The summed E-state index contributed by atoms with van der Waals surface area (Å²) in [6, 6.07) is 19.8. The van der Waals surface area contributed by atoms with Crippen molar-refractivity contribution in [1.29, 1.82) is 5.26 Å². The molecule has 0 bridgehead atoms. The average Bonchev–Trinajstić information content (AvgIpc) is 2.70. The Hall–Kier alpha value is -3.85. The molecule has 6 heteroatoms. The van der Waals surface area contributed by atoms with Gasteiger partial charge in [-0.3, -0.25) is 4.79 Å². The second kappa shape index (κ2) is 8.69. The maximum Gasteiger partial charge on any atom is 0.274 e. The smallest absolute Gasteiger partial charge is 0.274 e. The molecule has 0 aliphatic heterocycles. The lowest BCUT2D eigenvalue weighted by atomic mass is 10.2. The predicted octanol–water partition coefficient (Wildman–Crippen LogP) is 4.74. The minimum absolute atomic E-state index is 0.0642. The summed E-state index contributed by atoms with van der Waals surface area (Å²) < 4.78 is 5.80. The van der Waals surface area contributed by atoms with Crippen LogP contribution in [0.1, 0.15) is 29.9 Å². The van der Waals surface area contributed by atoms with Crippen molar-refractivity contribution in [3.8, 4) is 11.8 Å². The van der Waals surface area contributed by atoms with Gasteiger partial charge in [0.1, 0.15) is 11.4 Å². The lowest BCUT2D eigenvalue weighted by Crippen LogP contribution is -2.13. The van der Waals surface area contributed by atoms with Gasteiger partial charge in [0, 0.05) is 5.69 Å². The number of amides is 1. The molecule has 2 N–H and O–H groups in total. The van der Waals surface area contributed by atoms with E-state index in [-0.39, 0.29) is 12.0 Å². The molecule has 0 spiro atoms. The molecule has 1 heterocycles. The fourth-order valence-electron chi connectivity index (χ4n) is 2.51. The van der Waals surface area contributed by atoms with Gasteiger partial charge in [0.2, 0.25) is 0 Å². The molecule has 0 unspecified atom stereocenters. The molecule has 28 heavy (non-hydrogen) atoms. The third kappa shape index (κ3) is 4.86. The fraction of sp³-hybridized carbons (Fsp3) is 0.136. The maximum absolute atomic E-state index is 12.3. The number of carbonyl (C=O) groups excluding carboxylic acids is 1. The summed E-state index contributed by atoms with van der Waals surface area (Å²) in [6.07, 6.45) is 1.66. The van der Waals surface area contributed by atoms with E-state index in [0.29, 0.717) is 16.9 Å². The van der Waals surface area contributed by atoms with E-state index in [1.807, 2.05) is 44.2 Å². The van der Waals surface area contributed by atoms with Crippen LogP contribution in [-0.4, -0.2) is 17.0 Å². The van der Waals surface area contributed by atoms with E-state index in [1.54, 1.807) is 42.6 Å². The fourth-order valence-corrected chi connectivity index (χ4v) is 2.51. The Bertz CT molecular complexity index is 990. The van der Waals surface area contributed by atoms with Gasteiger partial charge >= 0.3 is 0 Å². The highest BCUT2D eigenvalue weighted by molar-refractivity contribution is 6.03. The first-order chi connectivity index (χ1) is 13.5. The minimum atomic E-state index is -0.320. The number of nitrogens with zero attached hydrogens (tertiary/aromatic N) is 2. The molecular weight excluding hydrogens is 352 g/mol. The van der Waals surface area contributed by atoms with Crippen LogP contribution < -0.4 is 15.4 Å². The Morgan fingerprint density at radius 1 is 1.04 bits per heavy atom. The standard InChI is InChI=1S/C22H20N4O2/c1-15(2)28-21-6-4-3-5-19(21)25-18-11-12-20(24-14-18)22(27)26-17-9-7-16(13-23)8-10-17/h3-12,14-15,25H,1-2H3,(H,26,27). The molecule has 0 radical (unpaired) electrons. The van der Waals surface area contributed by atoms with Gasteiger partial charge in [-0.1, -0.05) is 12.1 Å². The molecule has 6 nitrogen and oxygen atoms in total. The van der Waals surface area contributed by atoms with E-state index in [4.69, 9.17) is 10.00 Å². The van der Waals surface area contributed by atoms with Crippen LogP contribution in [-0.2, 0) is 0 Å². The van der Waals surface area contributed by atoms with E-state index in [1.165, 1.54) is 0 Å². The molecular formula is C22H20N4O2. The Labute approximate surface area is 163 Å². The Morgan fingerprint density at radius 3 is 2.39 bits per heavy atom. The molecule has 3 aromatic rings. The van der Waals surface area contributed by atoms with Gasteiger partial charge in [0.05, 0.1) is 35.3 Å². The van der Waals surface area contributed by atoms with Crippen LogP contribution >= 0.6 is 0 Å². The SMILES string of the molecule is CC(C)Oc1ccccc1Nc1ccc(C(=O)Nc2ccc(C#N)cc2)nc1. The molecule has 0 atom stereocenters. The van der Waals surface area contributed by atoms with Gasteiger partial charge in [0.25, 0.3) is 5.91 Å². The molecule has 0 aliphatic carbocycles. The number of pyridine rings is 1. The summed E-state index contributed by atoms with van der Waals surface area (Å²) in [7, 11) is 0. The van der Waals surface area contributed by atoms with Crippen LogP contribution in [0, 0.1) is 11.3 Å². The third-order valence-electron chi connectivity index (χ3n) is 3.80. The topological polar surface area (TPSA) is 87.0 Å². The predicted molar refractivity (Wildman–Crippen MR) is 109 cm³/mol. The van der Waals surface area contributed by atoms with Crippen LogP contribution in [0.5, 0.6) is 5.75 Å². The zero-order chi connectivity index (χ0) is 19.9. The monoisotopic (exact) mass is 372 g/mol. The molecule has 0 saturated heterocycles. The van der Waals surface area contributed by atoms with Gasteiger partial charge in [-0.25, -0.2) is 4.98 Å². The highest BCUT2D eigenvalue weighted by atomic mass is 16.5. The van der Waals surface area contributed by atoms with Crippen LogP contribution in [0.3, 0.4) is 0 Å². The zero-order valence-corrected chi connectivity index (χ0v) is 15.6. The number of carbonyl (C=O) groups is 1. The number of rotatable bonds is 6. The second-order valence-electron chi connectivity index (χ2n) is 6.36.